The van der Waals surface area contributed by atoms with Crippen LogP contribution in [-0.4, -0.2) is 16.7 Å². The molecule has 6 heteroatoms. The van der Waals surface area contributed by atoms with Gasteiger partial charge in [0.05, 0.1) is 5.56 Å². The number of hydrogen-bond donors (Lipinski definition) is 1. The molecule has 0 amide bonds. The van der Waals surface area contributed by atoms with Crippen molar-refractivity contribution in [2.24, 2.45) is 0 Å². The maximum Gasteiger partial charge on any atom is 0.416 e. The van der Waals surface area contributed by atoms with Gasteiger partial charge in [0.2, 0.25) is 0 Å². The molecule has 0 saturated carbocycles. The van der Waals surface area contributed by atoms with Crippen LogP contribution in [0, 0.1) is 0 Å². The van der Waals surface area contributed by atoms with Crippen molar-refractivity contribution >= 4 is 23.1 Å². The van der Waals surface area contributed by atoms with Crippen LogP contribution < -0.4 is 5.32 Å². The lowest BCUT2D eigenvalue weighted by atomic mass is 9.98. The van der Waals surface area contributed by atoms with Crippen molar-refractivity contribution in [1.82, 2.24) is 5.32 Å². The average Bonchev–Trinajstić information content (AvgIpc) is 2.72. The van der Waals surface area contributed by atoms with Gasteiger partial charge in [0, 0.05) is 16.0 Å². The van der Waals surface area contributed by atoms with Gasteiger partial charge in [-0.2, -0.15) is 13.2 Å². The molecule has 1 N–H and O–H groups in total. The molecule has 0 bridgehead atoms. The Kier molecular flexibility index (Phi) is 7.94. The van der Waals surface area contributed by atoms with Gasteiger partial charge in [0.25, 0.3) is 0 Å². The third kappa shape index (κ3) is 6.22. The predicted molar refractivity (Wildman–Crippen MR) is 118 cm³/mol. The Labute approximate surface area is 181 Å². The normalized spacial score (nSPS) is 13.2. The Balaban J connectivity index is 2.37. The zero-order valence-corrected chi connectivity index (χ0v) is 18.6. The lowest BCUT2D eigenvalue weighted by molar-refractivity contribution is -0.137. The van der Waals surface area contributed by atoms with Crippen LogP contribution in [0.15, 0.2) is 60.0 Å². The minimum Gasteiger partial charge on any atom is -0.294 e. The highest BCUT2D eigenvalue weighted by Crippen LogP contribution is 2.33. The van der Waals surface area contributed by atoms with Crippen molar-refractivity contribution in [3.8, 4) is 0 Å². The number of carbonyl (C=O) groups excluding carboxylic acids is 1. The van der Waals surface area contributed by atoms with Crippen molar-refractivity contribution in [1.29, 1.82) is 0 Å². The van der Waals surface area contributed by atoms with Gasteiger partial charge in [-0.15, -0.1) is 0 Å². The first-order valence-electron chi connectivity index (χ1n) is 9.91. The van der Waals surface area contributed by atoms with E-state index >= 15 is 0 Å². The van der Waals surface area contributed by atoms with E-state index < -0.39 is 17.1 Å². The highest BCUT2D eigenvalue weighted by atomic mass is 32.2. The summed E-state index contributed by atoms with van der Waals surface area (Å²) in [6.45, 7) is 11.9. The second-order valence-corrected chi connectivity index (χ2v) is 8.91. The molecule has 0 aliphatic rings. The molecule has 0 aliphatic carbocycles. The molecule has 2 aromatic carbocycles. The van der Waals surface area contributed by atoms with Crippen LogP contribution >= 0.6 is 11.8 Å². The summed E-state index contributed by atoms with van der Waals surface area (Å²) >= 11 is 1.38. The molecule has 0 saturated heterocycles. The van der Waals surface area contributed by atoms with Gasteiger partial charge in [-0.25, -0.2) is 0 Å². The van der Waals surface area contributed by atoms with Gasteiger partial charge in [-0.1, -0.05) is 62.5 Å². The molecule has 0 fully saturated rings. The van der Waals surface area contributed by atoms with Crippen LogP contribution in [0.2, 0.25) is 0 Å². The van der Waals surface area contributed by atoms with Crippen LogP contribution in [0.3, 0.4) is 0 Å². The van der Waals surface area contributed by atoms with Gasteiger partial charge in [-0.05, 0) is 56.0 Å². The second kappa shape index (κ2) is 9.84. The average molecular weight is 436 g/mol. The molecule has 1 atom stereocenters. The number of thioether (sulfide) groups is 1. The van der Waals surface area contributed by atoms with Gasteiger partial charge < -0.3 is 0 Å². The third-order valence-corrected chi connectivity index (χ3v) is 6.30. The first-order chi connectivity index (χ1) is 14.0. The summed E-state index contributed by atoms with van der Waals surface area (Å²) in [5.74, 6) is -0.327. The largest absolute Gasteiger partial charge is 0.416 e. The Morgan fingerprint density at radius 1 is 1.10 bits per heavy atom. The van der Waals surface area contributed by atoms with Crippen LogP contribution in [0.4, 0.5) is 13.2 Å². The van der Waals surface area contributed by atoms with E-state index in [4.69, 9.17) is 0 Å². The van der Waals surface area contributed by atoms with E-state index in [2.05, 4.69) is 11.9 Å². The summed E-state index contributed by atoms with van der Waals surface area (Å²) in [6, 6.07) is 12.6. The molecule has 0 aromatic heterocycles. The number of ketones is 1. The Bertz CT molecular complexity index is 905. The van der Waals surface area contributed by atoms with E-state index in [1.807, 2.05) is 52.0 Å². The number of halogens is 3. The predicted octanol–water partition coefficient (Wildman–Crippen LogP) is 6.75. The van der Waals surface area contributed by atoms with Crippen LogP contribution in [-0.2, 0) is 17.4 Å². The minimum atomic E-state index is -4.48. The van der Waals surface area contributed by atoms with E-state index in [1.165, 1.54) is 23.9 Å². The molecule has 1 unspecified atom stereocenters. The van der Waals surface area contributed by atoms with Crippen LogP contribution in [0.25, 0.3) is 5.57 Å². The molecule has 2 rings (SSSR count). The van der Waals surface area contributed by atoms with Gasteiger partial charge in [-0.3, -0.25) is 10.1 Å². The molecule has 2 nitrogen and oxygen atoms in total. The number of aryl methyl sites for hydroxylation is 1. The maximum absolute atomic E-state index is 13.3. The van der Waals surface area contributed by atoms with Crippen molar-refractivity contribution in [2.45, 2.75) is 62.5 Å². The summed E-state index contributed by atoms with van der Waals surface area (Å²) in [7, 11) is 0. The van der Waals surface area contributed by atoms with Gasteiger partial charge >= 0.3 is 6.18 Å². The van der Waals surface area contributed by atoms with E-state index in [9.17, 15) is 18.0 Å². The quantitative estimate of drug-likeness (QED) is 0.268. The van der Waals surface area contributed by atoms with Crippen molar-refractivity contribution in [3.63, 3.8) is 0 Å². The molecular formula is C24H28F3NOS. The Morgan fingerprint density at radius 3 is 2.37 bits per heavy atom. The van der Waals surface area contributed by atoms with E-state index in [0.29, 0.717) is 0 Å². The molecule has 2 aromatic rings. The first kappa shape index (κ1) is 24.2. The zero-order valence-electron chi connectivity index (χ0n) is 17.8. The molecule has 30 heavy (non-hydrogen) atoms. The number of carbonyl (C=O) groups is 1. The number of benzene rings is 2. The van der Waals surface area contributed by atoms with Gasteiger partial charge in [0.1, 0.15) is 5.37 Å². The molecule has 0 radical (unpaired) electrons. The maximum atomic E-state index is 13.3. The monoisotopic (exact) mass is 435 g/mol. The highest BCUT2D eigenvalue weighted by molar-refractivity contribution is 8.00. The Hall–Kier alpha value is -2.05. The number of hydrogen-bond acceptors (Lipinski definition) is 3. The standard InChI is InChI=1S/C24H28F3NOS/c1-6-17-11-8-9-14-20(17)30-22(28-23(4,5)7-2)21(29)16(3)18-12-10-13-19(15-18)24(25,26)27/h8-15,22,28H,3,6-7H2,1-2,4-5H3. The summed E-state index contributed by atoms with van der Waals surface area (Å²) in [5, 5.41) is 2.70. The van der Waals surface area contributed by atoms with Crippen molar-refractivity contribution in [2.75, 3.05) is 0 Å². The van der Waals surface area contributed by atoms with Crippen LogP contribution in [0.5, 0.6) is 0 Å². The summed E-state index contributed by atoms with van der Waals surface area (Å²) in [4.78, 5) is 14.3. The van der Waals surface area contributed by atoms with E-state index in [1.54, 1.807) is 0 Å². The van der Waals surface area contributed by atoms with Crippen molar-refractivity contribution in [3.05, 3.63) is 71.8 Å². The molecule has 162 valence electrons. The van der Waals surface area contributed by atoms with Gasteiger partial charge in [0.15, 0.2) is 5.78 Å². The van der Waals surface area contributed by atoms with Crippen molar-refractivity contribution < 1.29 is 18.0 Å². The highest BCUT2D eigenvalue weighted by Gasteiger charge is 2.32. The van der Waals surface area contributed by atoms with E-state index in [0.717, 1.165) is 35.4 Å². The Morgan fingerprint density at radius 2 is 1.77 bits per heavy atom. The lowest BCUT2D eigenvalue weighted by Gasteiger charge is -2.31. The zero-order chi connectivity index (χ0) is 22.5. The summed E-state index contributed by atoms with van der Waals surface area (Å²) in [5.41, 5.74) is 0.229. The smallest absolute Gasteiger partial charge is 0.294 e. The second-order valence-electron chi connectivity index (χ2n) is 7.76. The fraction of sp³-hybridized carbons (Fsp3) is 0.375. The number of Topliss-reactive ketones (excluding diaryl/α,β-unsaturated/α-hetero) is 1. The molecular weight excluding hydrogens is 407 g/mol. The number of rotatable bonds is 9. The third-order valence-electron chi connectivity index (χ3n) is 5.08. The minimum absolute atomic E-state index is 0.0620. The fourth-order valence-corrected chi connectivity index (χ4v) is 4.23. The first-order valence-corrected chi connectivity index (χ1v) is 10.8. The lowest BCUT2D eigenvalue weighted by Crippen LogP contribution is -2.47. The summed E-state index contributed by atoms with van der Waals surface area (Å²) < 4.78 is 39.3. The SMILES string of the molecule is C=C(C(=O)C(NC(C)(C)CC)Sc1ccccc1CC)c1cccc(C(F)(F)F)c1. The topological polar surface area (TPSA) is 29.1 Å². The summed E-state index contributed by atoms with van der Waals surface area (Å²) in [6.07, 6.45) is -2.88. The number of nitrogens with one attached hydrogen (secondary N) is 1. The number of alkyl halides is 3. The molecule has 0 aliphatic heterocycles. The molecule has 0 spiro atoms. The fourth-order valence-electron chi connectivity index (χ4n) is 2.83. The molecule has 0 heterocycles. The van der Waals surface area contributed by atoms with Crippen LogP contribution in [0.1, 0.15) is 50.8 Å². The van der Waals surface area contributed by atoms with E-state index in [-0.39, 0.29) is 22.5 Å².